The topological polar surface area (TPSA) is 63.8 Å². The van der Waals surface area contributed by atoms with Crippen LogP contribution in [-0.2, 0) is 0 Å². The number of hydrogen-bond acceptors (Lipinski definition) is 5. The Morgan fingerprint density at radius 3 is 2.90 bits per heavy atom. The number of likely N-dealkylation sites (N-methyl/N-ethyl adjacent to an activating group) is 1. The summed E-state index contributed by atoms with van der Waals surface area (Å²) in [6, 6.07) is 4.24. The van der Waals surface area contributed by atoms with Crippen LogP contribution in [0.3, 0.4) is 0 Å². The first-order valence-electron chi connectivity index (χ1n) is 6.90. The quantitative estimate of drug-likeness (QED) is 0.932. The van der Waals surface area contributed by atoms with Gasteiger partial charge in [0, 0.05) is 16.7 Å². The largest absolute Gasteiger partial charge is 0.339 e. The Morgan fingerprint density at radius 1 is 1.30 bits per heavy atom. The highest BCUT2D eigenvalue weighted by Gasteiger charge is 2.30. The van der Waals surface area contributed by atoms with Crippen molar-refractivity contribution < 1.29 is 4.52 Å². The van der Waals surface area contributed by atoms with E-state index in [2.05, 4.69) is 36.4 Å². The first-order chi connectivity index (χ1) is 9.78. The first kappa shape index (κ1) is 13.7. The summed E-state index contributed by atoms with van der Waals surface area (Å²) < 4.78 is 6.41. The fourth-order valence-corrected chi connectivity index (χ4v) is 3.00. The second-order valence-corrected chi connectivity index (χ2v) is 6.02. The predicted octanol–water partition coefficient (Wildman–Crippen LogP) is 3.14. The molecule has 20 heavy (non-hydrogen) atoms. The van der Waals surface area contributed by atoms with E-state index in [9.17, 15) is 0 Å². The number of aromatic nitrogens is 3. The molecule has 0 saturated heterocycles. The molecule has 2 aromatic heterocycles. The van der Waals surface area contributed by atoms with Crippen molar-refractivity contribution in [2.24, 2.45) is 0 Å². The lowest BCUT2D eigenvalue weighted by molar-refractivity contribution is 0.270. The van der Waals surface area contributed by atoms with Crippen LogP contribution in [0.1, 0.15) is 37.5 Å². The molecule has 1 fully saturated rings. The van der Waals surface area contributed by atoms with E-state index in [0.29, 0.717) is 17.8 Å². The van der Waals surface area contributed by atoms with Gasteiger partial charge in [-0.1, -0.05) is 18.0 Å². The molecular weight excluding hydrogens is 320 g/mol. The van der Waals surface area contributed by atoms with Crippen molar-refractivity contribution in [3.8, 4) is 11.5 Å². The van der Waals surface area contributed by atoms with Gasteiger partial charge >= 0.3 is 0 Å². The lowest BCUT2D eigenvalue weighted by Crippen LogP contribution is -2.34. The lowest BCUT2D eigenvalue weighted by Gasteiger charge is -2.28. The number of pyridine rings is 1. The van der Waals surface area contributed by atoms with Gasteiger partial charge in [-0.15, -0.1) is 0 Å². The van der Waals surface area contributed by atoms with Crippen molar-refractivity contribution in [3.63, 3.8) is 0 Å². The van der Waals surface area contributed by atoms with Gasteiger partial charge in [0.25, 0.3) is 0 Å². The SMILES string of the molecule is CNC1CCCCC1c1nc(-c2ccc(Br)cn2)no1. The average molecular weight is 337 g/mol. The highest BCUT2D eigenvalue weighted by atomic mass is 79.9. The maximum absolute atomic E-state index is 5.47. The van der Waals surface area contributed by atoms with E-state index in [0.717, 1.165) is 28.9 Å². The summed E-state index contributed by atoms with van der Waals surface area (Å²) in [7, 11) is 2.00. The number of nitrogens with zero attached hydrogens (tertiary/aromatic N) is 3. The monoisotopic (exact) mass is 336 g/mol. The van der Waals surface area contributed by atoms with Gasteiger partial charge in [0.05, 0.1) is 5.92 Å². The third kappa shape index (κ3) is 2.76. The first-order valence-corrected chi connectivity index (χ1v) is 7.70. The smallest absolute Gasteiger partial charge is 0.231 e. The Balaban J connectivity index is 1.84. The van der Waals surface area contributed by atoms with Gasteiger partial charge in [-0.25, -0.2) is 0 Å². The molecule has 1 aliphatic carbocycles. The summed E-state index contributed by atoms with van der Waals surface area (Å²) in [6.07, 6.45) is 6.48. The molecule has 1 aliphatic rings. The zero-order valence-corrected chi connectivity index (χ0v) is 12.9. The van der Waals surface area contributed by atoms with Crippen molar-refractivity contribution in [1.82, 2.24) is 20.4 Å². The highest BCUT2D eigenvalue weighted by Crippen LogP contribution is 2.32. The number of rotatable bonds is 3. The normalized spacial score (nSPS) is 22.9. The van der Waals surface area contributed by atoms with Crippen molar-refractivity contribution in [2.75, 3.05) is 7.05 Å². The molecule has 0 amide bonds. The fourth-order valence-electron chi connectivity index (χ4n) is 2.77. The minimum Gasteiger partial charge on any atom is -0.339 e. The second kappa shape index (κ2) is 6.01. The molecule has 2 aromatic rings. The number of hydrogen-bond donors (Lipinski definition) is 1. The van der Waals surface area contributed by atoms with E-state index >= 15 is 0 Å². The summed E-state index contributed by atoms with van der Waals surface area (Å²) in [5, 5.41) is 7.43. The molecule has 0 spiro atoms. The van der Waals surface area contributed by atoms with Crippen molar-refractivity contribution in [2.45, 2.75) is 37.6 Å². The van der Waals surface area contributed by atoms with E-state index in [1.807, 2.05) is 19.2 Å². The fraction of sp³-hybridized carbons (Fsp3) is 0.500. The molecule has 3 rings (SSSR count). The van der Waals surface area contributed by atoms with E-state index in [1.54, 1.807) is 6.20 Å². The summed E-state index contributed by atoms with van der Waals surface area (Å²) in [6.45, 7) is 0. The number of nitrogens with one attached hydrogen (secondary N) is 1. The zero-order chi connectivity index (χ0) is 13.9. The van der Waals surface area contributed by atoms with Gasteiger partial charge in [-0.05, 0) is 48.0 Å². The van der Waals surface area contributed by atoms with Crippen LogP contribution in [0.5, 0.6) is 0 Å². The molecule has 1 N–H and O–H groups in total. The van der Waals surface area contributed by atoms with Gasteiger partial charge in [-0.3, -0.25) is 4.98 Å². The van der Waals surface area contributed by atoms with Crippen LogP contribution in [0, 0.1) is 0 Å². The molecule has 0 aromatic carbocycles. The molecule has 5 nitrogen and oxygen atoms in total. The highest BCUT2D eigenvalue weighted by molar-refractivity contribution is 9.10. The third-order valence-corrected chi connectivity index (χ3v) is 4.32. The van der Waals surface area contributed by atoms with Gasteiger partial charge in [0.15, 0.2) is 0 Å². The lowest BCUT2D eigenvalue weighted by atomic mass is 9.84. The van der Waals surface area contributed by atoms with Crippen LogP contribution in [0.4, 0.5) is 0 Å². The molecule has 0 radical (unpaired) electrons. The predicted molar refractivity (Wildman–Crippen MR) is 79.3 cm³/mol. The van der Waals surface area contributed by atoms with Gasteiger partial charge in [-0.2, -0.15) is 4.98 Å². The summed E-state index contributed by atoms with van der Waals surface area (Å²) in [5.41, 5.74) is 0.736. The van der Waals surface area contributed by atoms with Crippen LogP contribution in [0.15, 0.2) is 27.3 Å². The summed E-state index contributed by atoms with van der Waals surface area (Å²) in [5.74, 6) is 1.60. The molecule has 0 bridgehead atoms. The zero-order valence-electron chi connectivity index (χ0n) is 11.3. The minimum atomic E-state index is 0.311. The van der Waals surface area contributed by atoms with Crippen LogP contribution in [0.25, 0.3) is 11.5 Å². The Bertz CT molecular complexity index is 569. The van der Waals surface area contributed by atoms with E-state index in [4.69, 9.17) is 4.52 Å². The molecule has 0 aliphatic heterocycles. The van der Waals surface area contributed by atoms with Crippen molar-refractivity contribution >= 4 is 15.9 Å². The Kier molecular flexibility index (Phi) is 4.12. The second-order valence-electron chi connectivity index (χ2n) is 5.10. The molecule has 6 heteroatoms. The molecule has 1 saturated carbocycles. The van der Waals surface area contributed by atoms with E-state index < -0.39 is 0 Å². The van der Waals surface area contributed by atoms with Gasteiger partial charge < -0.3 is 9.84 Å². The van der Waals surface area contributed by atoms with Gasteiger partial charge in [0.2, 0.25) is 11.7 Å². The maximum Gasteiger partial charge on any atom is 0.231 e. The average Bonchev–Trinajstić information content (AvgIpc) is 2.97. The van der Waals surface area contributed by atoms with Crippen LogP contribution >= 0.6 is 15.9 Å². The number of halogens is 1. The standard InChI is InChI=1S/C14H17BrN4O/c1-16-11-5-3-2-4-10(11)14-18-13(19-20-14)12-7-6-9(15)8-17-12/h6-8,10-11,16H,2-5H2,1H3. The summed E-state index contributed by atoms with van der Waals surface area (Å²) >= 11 is 3.37. The molecule has 2 atom stereocenters. The van der Waals surface area contributed by atoms with E-state index in [-0.39, 0.29) is 0 Å². The minimum absolute atomic E-state index is 0.311. The van der Waals surface area contributed by atoms with Gasteiger partial charge in [0.1, 0.15) is 5.69 Å². The Hall–Kier alpha value is -1.27. The van der Waals surface area contributed by atoms with Crippen LogP contribution in [-0.4, -0.2) is 28.2 Å². The molecule has 2 heterocycles. The Morgan fingerprint density at radius 2 is 2.15 bits per heavy atom. The van der Waals surface area contributed by atoms with Crippen LogP contribution in [0.2, 0.25) is 0 Å². The van der Waals surface area contributed by atoms with Crippen LogP contribution < -0.4 is 5.32 Å². The molecule has 2 unspecified atom stereocenters. The molecular formula is C14H17BrN4O. The maximum atomic E-state index is 5.47. The van der Waals surface area contributed by atoms with Crippen molar-refractivity contribution in [3.05, 3.63) is 28.7 Å². The summed E-state index contributed by atoms with van der Waals surface area (Å²) in [4.78, 5) is 8.84. The van der Waals surface area contributed by atoms with Crippen molar-refractivity contribution in [1.29, 1.82) is 0 Å². The van der Waals surface area contributed by atoms with E-state index in [1.165, 1.54) is 12.8 Å². The third-order valence-electron chi connectivity index (χ3n) is 3.85. The Labute approximate surface area is 126 Å². The molecule has 106 valence electrons.